The summed E-state index contributed by atoms with van der Waals surface area (Å²) >= 11 is 1.83. The zero-order chi connectivity index (χ0) is 20.5. The molecule has 12 heteroatoms. The quantitative estimate of drug-likeness (QED) is 0.402. The lowest BCUT2D eigenvalue weighted by atomic mass is 10.0. The molecule has 2 rings (SSSR count). The summed E-state index contributed by atoms with van der Waals surface area (Å²) in [6, 6.07) is 3.79. The third-order valence-electron chi connectivity index (χ3n) is 3.40. The molecule has 0 bridgehead atoms. The van der Waals surface area contributed by atoms with Crippen molar-refractivity contribution < 1.29 is 35.7 Å². The number of carbonyl (C=O) groups excluding carboxylic acids is 1. The maximum atomic E-state index is 14.6. The molecule has 4 N–H and O–H groups in total. The molecule has 2 aromatic rings. The van der Waals surface area contributed by atoms with E-state index in [0.717, 1.165) is 13.2 Å². The zero-order valence-electron chi connectivity index (χ0n) is 13.5. The Labute approximate surface area is 165 Å². The summed E-state index contributed by atoms with van der Waals surface area (Å²) in [6.45, 7) is 0. The fraction of sp³-hybridized carbons (Fsp3) is 0.133. The van der Waals surface area contributed by atoms with Gasteiger partial charge in [0, 0.05) is 3.57 Å². The van der Waals surface area contributed by atoms with E-state index >= 15 is 0 Å². The second-order valence-electron chi connectivity index (χ2n) is 5.23. The molecule has 0 saturated carbocycles. The fourth-order valence-corrected chi connectivity index (χ4v) is 3.41. The average Bonchev–Trinajstić information content (AvgIpc) is 2.54. The highest BCUT2D eigenvalue weighted by Crippen LogP contribution is 2.38. The lowest BCUT2D eigenvalue weighted by Gasteiger charge is -2.19. The van der Waals surface area contributed by atoms with Gasteiger partial charge in [0.25, 0.3) is 16.0 Å². The first-order chi connectivity index (χ1) is 12.5. The van der Waals surface area contributed by atoms with E-state index in [9.17, 15) is 26.4 Å². The number of primary amides is 1. The van der Waals surface area contributed by atoms with Gasteiger partial charge in [-0.25, -0.2) is 13.2 Å². The summed E-state index contributed by atoms with van der Waals surface area (Å²) in [5.41, 5.74) is 2.40. The highest BCUT2D eigenvalue weighted by atomic mass is 127. The van der Waals surface area contributed by atoms with Crippen molar-refractivity contribution in [1.29, 1.82) is 0 Å². The van der Waals surface area contributed by atoms with Gasteiger partial charge >= 0.3 is 0 Å². The Balaban J connectivity index is 2.77. The van der Waals surface area contributed by atoms with Gasteiger partial charge in [0.15, 0.2) is 11.6 Å². The Morgan fingerprint density at radius 3 is 2.41 bits per heavy atom. The summed E-state index contributed by atoms with van der Waals surface area (Å²) in [5.74, 6) is -7.58. The molecule has 0 aliphatic heterocycles. The molecule has 0 radical (unpaired) electrons. The lowest BCUT2D eigenvalue weighted by molar-refractivity contribution is 0.0997. The fourth-order valence-electron chi connectivity index (χ4n) is 2.33. The molecule has 7 nitrogen and oxygen atoms in total. The third kappa shape index (κ3) is 4.62. The number of rotatable bonds is 6. The minimum Gasteiger partial charge on any atom is -0.495 e. The zero-order valence-corrected chi connectivity index (χ0v) is 16.5. The number of ether oxygens (including phenoxy) is 1. The van der Waals surface area contributed by atoms with Gasteiger partial charge in [0.2, 0.25) is 0 Å². The van der Waals surface area contributed by atoms with Crippen LogP contribution in [0.2, 0.25) is 0 Å². The molecule has 2 aromatic carbocycles. The summed E-state index contributed by atoms with van der Waals surface area (Å²) in [5, 5.41) is 2.24. The average molecular weight is 516 g/mol. The van der Waals surface area contributed by atoms with Crippen LogP contribution in [-0.2, 0) is 15.9 Å². The van der Waals surface area contributed by atoms with E-state index in [-0.39, 0.29) is 5.69 Å². The minimum atomic E-state index is -4.79. The Kier molecular flexibility index (Phi) is 6.21. The van der Waals surface area contributed by atoms with Gasteiger partial charge in [0.05, 0.1) is 24.0 Å². The second-order valence-corrected chi connectivity index (χ2v) is 7.93. The number of methoxy groups -OCH3 is 1. The van der Waals surface area contributed by atoms with Gasteiger partial charge in [0.1, 0.15) is 22.9 Å². The molecule has 0 aromatic heterocycles. The maximum Gasteiger partial charge on any atom is 0.269 e. The molecule has 0 fully saturated rings. The number of nitrogens with two attached hydrogens (primary N) is 1. The van der Waals surface area contributed by atoms with Gasteiger partial charge in [-0.2, -0.15) is 8.42 Å². The Hall–Kier alpha value is -2.06. The SMILES string of the molecule is COc1c(CS(=O)(=O)O)c(F)c(F)c(Nc2ccc(I)cc2F)c1C(N)=O. The van der Waals surface area contributed by atoms with E-state index in [2.05, 4.69) is 5.32 Å². The normalized spacial score (nSPS) is 11.3. The van der Waals surface area contributed by atoms with E-state index in [0.29, 0.717) is 3.57 Å². The summed E-state index contributed by atoms with van der Waals surface area (Å²) in [6.07, 6.45) is 0. The predicted octanol–water partition coefficient (Wildman–Crippen LogP) is 2.95. The van der Waals surface area contributed by atoms with Crippen LogP contribution in [0.15, 0.2) is 18.2 Å². The Morgan fingerprint density at radius 2 is 1.93 bits per heavy atom. The topological polar surface area (TPSA) is 119 Å². The monoisotopic (exact) mass is 516 g/mol. The third-order valence-corrected chi connectivity index (χ3v) is 4.72. The summed E-state index contributed by atoms with van der Waals surface area (Å²) in [4.78, 5) is 11.8. The molecule has 0 aliphatic carbocycles. The van der Waals surface area contributed by atoms with E-state index in [1.165, 1.54) is 12.1 Å². The second kappa shape index (κ2) is 7.90. The van der Waals surface area contributed by atoms with Gasteiger partial charge in [-0.1, -0.05) is 0 Å². The van der Waals surface area contributed by atoms with Gasteiger partial charge in [-0.3, -0.25) is 9.35 Å². The smallest absolute Gasteiger partial charge is 0.269 e. The molecule has 0 spiro atoms. The largest absolute Gasteiger partial charge is 0.495 e. The molecule has 0 saturated heterocycles. The predicted molar refractivity (Wildman–Crippen MR) is 99.1 cm³/mol. The number of benzene rings is 2. The van der Waals surface area contributed by atoms with Crippen LogP contribution < -0.4 is 15.8 Å². The van der Waals surface area contributed by atoms with Crippen molar-refractivity contribution in [1.82, 2.24) is 0 Å². The number of carbonyl (C=O) groups is 1. The van der Waals surface area contributed by atoms with Crippen LogP contribution in [-0.4, -0.2) is 26.0 Å². The van der Waals surface area contributed by atoms with Crippen LogP contribution >= 0.6 is 22.6 Å². The van der Waals surface area contributed by atoms with Crippen molar-refractivity contribution in [3.63, 3.8) is 0 Å². The van der Waals surface area contributed by atoms with Crippen molar-refractivity contribution in [2.75, 3.05) is 12.4 Å². The van der Waals surface area contributed by atoms with Crippen LogP contribution in [0.3, 0.4) is 0 Å². The van der Waals surface area contributed by atoms with Crippen LogP contribution in [0.25, 0.3) is 0 Å². The van der Waals surface area contributed by atoms with Crippen LogP contribution in [0, 0.1) is 21.0 Å². The lowest BCUT2D eigenvalue weighted by Crippen LogP contribution is -2.20. The van der Waals surface area contributed by atoms with Crippen molar-refractivity contribution in [3.05, 3.63) is 50.3 Å². The number of nitrogens with one attached hydrogen (secondary N) is 1. The van der Waals surface area contributed by atoms with Crippen LogP contribution in [0.1, 0.15) is 15.9 Å². The molecular weight excluding hydrogens is 504 g/mol. The summed E-state index contributed by atoms with van der Waals surface area (Å²) < 4.78 is 79.5. The van der Waals surface area contributed by atoms with E-state index in [1.54, 1.807) is 0 Å². The van der Waals surface area contributed by atoms with Gasteiger partial charge < -0.3 is 15.8 Å². The molecule has 0 heterocycles. The Bertz CT molecular complexity index is 1030. The van der Waals surface area contributed by atoms with Crippen molar-refractivity contribution >= 4 is 50.0 Å². The molecule has 0 atom stereocenters. The first kappa shape index (κ1) is 21.2. The number of hydrogen-bond donors (Lipinski definition) is 3. The molecule has 146 valence electrons. The molecule has 0 unspecified atom stereocenters. The first-order valence-corrected chi connectivity index (χ1v) is 9.70. The van der Waals surface area contributed by atoms with Gasteiger partial charge in [-0.05, 0) is 40.8 Å². The Morgan fingerprint density at radius 1 is 1.30 bits per heavy atom. The summed E-state index contributed by atoms with van der Waals surface area (Å²) in [7, 11) is -3.83. The number of halogens is 4. The highest BCUT2D eigenvalue weighted by molar-refractivity contribution is 14.1. The van der Waals surface area contributed by atoms with E-state index < -0.39 is 61.8 Å². The molecule has 0 aliphatic rings. The molecule has 1 amide bonds. The number of anilines is 2. The standard InChI is InChI=1S/C15H12F3IN2O5S/c1-26-14-7(5-27(23,24)25)11(17)12(18)13(10(14)15(20)22)21-9-3-2-6(19)4-8(9)16/h2-4,21H,5H2,1H3,(H2,20,22)(H,23,24,25). The number of hydrogen-bond acceptors (Lipinski definition) is 5. The van der Waals surface area contributed by atoms with Crippen molar-refractivity contribution in [3.8, 4) is 5.75 Å². The minimum absolute atomic E-state index is 0.291. The highest BCUT2D eigenvalue weighted by Gasteiger charge is 2.30. The van der Waals surface area contributed by atoms with Crippen molar-refractivity contribution in [2.24, 2.45) is 5.73 Å². The molecular formula is C15H12F3IN2O5S. The molecule has 27 heavy (non-hydrogen) atoms. The van der Waals surface area contributed by atoms with Crippen molar-refractivity contribution in [2.45, 2.75) is 5.75 Å². The van der Waals surface area contributed by atoms with Crippen LogP contribution in [0.5, 0.6) is 5.75 Å². The van der Waals surface area contributed by atoms with E-state index in [1.807, 2.05) is 22.6 Å². The van der Waals surface area contributed by atoms with Crippen LogP contribution in [0.4, 0.5) is 24.5 Å². The first-order valence-electron chi connectivity index (χ1n) is 7.01. The van der Waals surface area contributed by atoms with E-state index in [4.69, 9.17) is 15.0 Å². The number of amides is 1. The maximum absolute atomic E-state index is 14.6. The van der Waals surface area contributed by atoms with Gasteiger partial charge in [-0.15, -0.1) is 0 Å².